The highest BCUT2D eigenvalue weighted by Gasteiger charge is 2.37. The van der Waals surface area contributed by atoms with E-state index in [1.807, 2.05) is 36.4 Å². The van der Waals surface area contributed by atoms with Gasteiger partial charge in [0, 0.05) is 5.02 Å². The van der Waals surface area contributed by atoms with Crippen molar-refractivity contribution in [3.05, 3.63) is 106 Å². The number of hydrogen-bond donors (Lipinski definition) is 1. The first kappa shape index (κ1) is 20.5. The number of barbiturate groups is 1. The van der Waals surface area contributed by atoms with Gasteiger partial charge in [0.25, 0.3) is 11.8 Å². The largest absolute Gasteiger partial charge is 0.336 e. The first-order chi connectivity index (χ1) is 14.9. The molecule has 0 aromatic heterocycles. The van der Waals surface area contributed by atoms with Crippen LogP contribution in [0.25, 0.3) is 6.08 Å². The molecule has 0 radical (unpaired) electrons. The molecule has 0 atom stereocenters. The van der Waals surface area contributed by atoms with E-state index in [9.17, 15) is 18.8 Å². The maximum atomic E-state index is 14.1. The smallest absolute Gasteiger partial charge is 0.273 e. The van der Waals surface area contributed by atoms with Crippen molar-refractivity contribution >= 4 is 41.2 Å². The van der Waals surface area contributed by atoms with Gasteiger partial charge in [0.1, 0.15) is 11.4 Å². The maximum absolute atomic E-state index is 14.1. The van der Waals surface area contributed by atoms with Crippen LogP contribution in [0.1, 0.15) is 16.7 Å². The van der Waals surface area contributed by atoms with E-state index in [-0.39, 0.29) is 11.3 Å². The molecule has 0 aliphatic carbocycles. The summed E-state index contributed by atoms with van der Waals surface area (Å²) in [5.74, 6) is -2.47. The van der Waals surface area contributed by atoms with Gasteiger partial charge >= 0.3 is 6.03 Å². The molecular weight excluding hydrogens is 419 g/mol. The van der Waals surface area contributed by atoms with E-state index >= 15 is 0 Å². The van der Waals surface area contributed by atoms with Crippen LogP contribution < -0.4 is 10.2 Å². The number of rotatable bonds is 4. The van der Waals surface area contributed by atoms with Crippen molar-refractivity contribution in [1.29, 1.82) is 0 Å². The molecule has 0 saturated carbocycles. The minimum atomic E-state index is -0.993. The Morgan fingerprint density at radius 3 is 2.29 bits per heavy atom. The lowest BCUT2D eigenvalue weighted by Crippen LogP contribution is -2.54. The molecule has 5 nitrogen and oxygen atoms in total. The summed E-state index contributed by atoms with van der Waals surface area (Å²) in [4.78, 5) is 37.9. The van der Waals surface area contributed by atoms with Crippen molar-refractivity contribution in [2.75, 3.05) is 4.90 Å². The van der Waals surface area contributed by atoms with Gasteiger partial charge in [0.05, 0.1) is 5.69 Å². The van der Waals surface area contributed by atoms with Crippen LogP contribution in [0.3, 0.4) is 0 Å². The standard InChI is InChI=1S/C24H16ClFN2O3/c25-19-6-2-1-5-17(19)13-15-9-11-16(12-10-15)14-18-22(29)27-24(31)28(23(18)30)21-8-4-3-7-20(21)26/h1-12,14H,13H2,(H,27,29,31)/b18-14-. The zero-order valence-electron chi connectivity index (χ0n) is 16.1. The molecule has 1 aliphatic heterocycles. The average molecular weight is 435 g/mol. The Hall–Kier alpha value is -3.77. The van der Waals surface area contributed by atoms with E-state index in [1.165, 1.54) is 24.3 Å². The zero-order valence-corrected chi connectivity index (χ0v) is 16.9. The van der Waals surface area contributed by atoms with Crippen molar-refractivity contribution in [3.8, 4) is 0 Å². The molecule has 1 N–H and O–H groups in total. The number of anilines is 1. The third-order valence-corrected chi connectivity index (χ3v) is 5.21. The molecule has 0 spiro atoms. The van der Waals surface area contributed by atoms with Crippen LogP contribution in [0.15, 0.2) is 78.4 Å². The maximum Gasteiger partial charge on any atom is 0.336 e. The molecule has 1 heterocycles. The van der Waals surface area contributed by atoms with E-state index in [2.05, 4.69) is 5.32 Å². The SMILES string of the molecule is O=C1NC(=O)N(c2ccccc2F)C(=O)/C1=C\c1ccc(Cc2ccccc2Cl)cc1. The van der Waals surface area contributed by atoms with Crippen LogP contribution in [0.5, 0.6) is 0 Å². The Kier molecular flexibility index (Phi) is 5.64. The number of para-hydroxylation sites is 1. The Morgan fingerprint density at radius 2 is 1.58 bits per heavy atom. The molecule has 1 aliphatic rings. The van der Waals surface area contributed by atoms with Crippen molar-refractivity contribution in [1.82, 2.24) is 5.32 Å². The Morgan fingerprint density at radius 1 is 0.903 bits per heavy atom. The molecule has 3 aromatic rings. The van der Waals surface area contributed by atoms with Crippen LogP contribution in [0.2, 0.25) is 5.02 Å². The van der Waals surface area contributed by atoms with Crippen molar-refractivity contribution in [3.63, 3.8) is 0 Å². The Balaban J connectivity index is 1.60. The highest BCUT2D eigenvalue weighted by Crippen LogP contribution is 2.25. The molecule has 1 fully saturated rings. The van der Waals surface area contributed by atoms with E-state index in [4.69, 9.17) is 11.6 Å². The number of imide groups is 2. The molecule has 0 bridgehead atoms. The van der Waals surface area contributed by atoms with Gasteiger partial charge in [0.2, 0.25) is 0 Å². The van der Waals surface area contributed by atoms with Gasteiger partial charge < -0.3 is 0 Å². The third-order valence-electron chi connectivity index (χ3n) is 4.84. The lowest BCUT2D eigenvalue weighted by molar-refractivity contribution is -0.122. The molecule has 0 unspecified atom stereocenters. The Labute approximate surface area is 182 Å². The average Bonchev–Trinajstić information content (AvgIpc) is 2.75. The number of amides is 4. The molecule has 31 heavy (non-hydrogen) atoms. The lowest BCUT2D eigenvalue weighted by atomic mass is 10.0. The second-order valence-corrected chi connectivity index (χ2v) is 7.33. The molecular formula is C24H16ClFN2O3. The monoisotopic (exact) mass is 434 g/mol. The van der Waals surface area contributed by atoms with Crippen molar-refractivity contribution in [2.24, 2.45) is 0 Å². The predicted octanol–water partition coefficient (Wildman–Crippen LogP) is 4.74. The van der Waals surface area contributed by atoms with Crippen LogP contribution in [0, 0.1) is 5.82 Å². The molecule has 4 amide bonds. The van der Waals surface area contributed by atoms with Crippen molar-refractivity contribution < 1.29 is 18.8 Å². The quantitative estimate of drug-likeness (QED) is 0.476. The molecule has 154 valence electrons. The summed E-state index contributed by atoms with van der Waals surface area (Å²) in [5, 5.41) is 2.76. The molecule has 3 aromatic carbocycles. The first-order valence-corrected chi connectivity index (χ1v) is 9.80. The van der Waals surface area contributed by atoms with Crippen molar-refractivity contribution in [2.45, 2.75) is 6.42 Å². The minimum Gasteiger partial charge on any atom is -0.273 e. The zero-order chi connectivity index (χ0) is 22.0. The highest BCUT2D eigenvalue weighted by atomic mass is 35.5. The van der Waals surface area contributed by atoms with E-state index in [1.54, 1.807) is 12.1 Å². The lowest BCUT2D eigenvalue weighted by Gasteiger charge is -2.26. The molecule has 4 rings (SSSR count). The second-order valence-electron chi connectivity index (χ2n) is 6.92. The molecule has 7 heteroatoms. The second kappa shape index (κ2) is 8.53. The van der Waals surface area contributed by atoms with Gasteiger partial charge in [0.15, 0.2) is 0 Å². The van der Waals surface area contributed by atoms with Crippen LogP contribution in [-0.2, 0) is 16.0 Å². The normalized spacial score (nSPS) is 15.4. The summed E-state index contributed by atoms with van der Waals surface area (Å²) in [6.45, 7) is 0. The number of carbonyl (C=O) groups excluding carboxylic acids is 3. The number of halogens is 2. The van der Waals surface area contributed by atoms with E-state index in [0.717, 1.165) is 17.2 Å². The molecule has 1 saturated heterocycles. The fourth-order valence-electron chi connectivity index (χ4n) is 3.27. The number of hydrogen-bond acceptors (Lipinski definition) is 3. The summed E-state index contributed by atoms with van der Waals surface area (Å²) in [6.07, 6.45) is 2.00. The summed E-state index contributed by atoms with van der Waals surface area (Å²) < 4.78 is 14.1. The third kappa shape index (κ3) is 4.25. The van der Waals surface area contributed by atoms with Gasteiger partial charge in [-0.3, -0.25) is 14.9 Å². The van der Waals surface area contributed by atoms with E-state index in [0.29, 0.717) is 21.9 Å². The Bertz CT molecular complexity index is 1220. The van der Waals surface area contributed by atoms with Gasteiger partial charge in [-0.2, -0.15) is 0 Å². The van der Waals surface area contributed by atoms with Gasteiger partial charge in [-0.05, 0) is 47.4 Å². The van der Waals surface area contributed by atoms with Gasteiger partial charge in [-0.25, -0.2) is 14.1 Å². The summed E-state index contributed by atoms with van der Waals surface area (Å²) >= 11 is 6.20. The fourth-order valence-corrected chi connectivity index (χ4v) is 3.47. The number of nitrogens with zero attached hydrogens (tertiary/aromatic N) is 1. The van der Waals surface area contributed by atoms with E-state index < -0.39 is 23.7 Å². The fraction of sp³-hybridized carbons (Fsp3) is 0.0417. The van der Waals surface area contributed by atoms with Crippen LogP contribution in [-0.4, -0.2) is 17.8 Å². The van der Waals surface area contributed by atoms with Crippen LogP contribution in [0.4, 0.5) is 14.9 Å². The predicted molar refractivity (Wildman–Crippen MR) is 116 cm³/mol. The minimum absolute atomic E-state index is 0.224. The number of benzene rings is 3. The number of carbonyl (C=O) groups is 3. The topological polar surface area (TPSA) is 66.5 Å². The summed E-state index contributed by atoms with van der Waals surface area (Å²) in [5.41, 5.74) is 2.08. The summed E-state index contributed by atoms with van der Waals surface area (Å²) in [7, 11) is 0. The summed E-state index contributed by atoms with van der Waals surface area (Å²) in [6, 6.07) is 19.1. The number of nitrogens with one attached hydrogen (secondary N) is 1. The van der Waals surface area contributed by atoms with Gasteiger partial charge in [-0.15, -0.1) is 0 Å². The highest BCUT2D eigenvalue weighted by molar-refractivity contribution is 6.39. The number of urea groups is 1. The first-order valence-electron chi connectivity index (χ1n) is 9.42. The van der Waals surface area contributed by atoms with Gasteiger partial charge in [-0.1, -0.05) is 66.2 Å². The van der Waals surface area contributed by atoms with Crippen LogP contribution >= 0.6 is 11.6 Å².